The van der Waals surface area contributed by atoms with Gasteiger partial charge >= 0.3 is 0 Å². The Labute approximate surface area is 111 Å². The highest BCUT2D eigenvalue weighted by Gasteiger charge is 2.35. The maximum atomic E-state index is 5.75. The topological polar surface area (TPSA) is 29.3 Å². The first-order valence-corrected chi connectivity index (χ1v) is 7.67. The first kappa shape index (κ1) is 13.3. The Morgan fingerprint density at radius 1 is 1.29 bits per heavy atom. The van der Waals surface area contributed by atoms with E-state index in [0.29, 0.717) is 11.0 Å². The molecule has 2 rings (SSSR count). The molecule has 3 atom stereocenters. The first-order chi connectivity index (χ1) is 8.22. The van der Waals surface area contributed by atoms with Gasteiger partial charge in [0.15, 0.2) is 0 Å². The van der Waals surface area contributed by atoms with Gasteiger partial charge in [-0.05, 0) is 44.6 Å². The number of fused-ring (bicyclic) bond motifs is 1. The summed E-state index contributed by atoms with van der Waals surface area (Å²) in [4.78, 5) is 3.43. The Hall–Kier alpha value is -0.150. The summed E-state index contributed by atoms with van der Waals surface area (Å²) in [5.41, 5.74) is 5.75. The summed E-state index contributed by atoms with van der Waals surface area (Å²) in [7, 11) is 0. The lowest BCUT2D eigenvalue weighted by atomic mass is 9.77. The highest BCUT2D eigenvalue weighted by atomic mass is 32.1. The van der Waals surface area contributed by atoms with Gasteiger partial charge in [-0.1, -0.05) is 32.0 Å². The van der Waals surface area contributed by atoms with Crippen molar-refractivity contribution in [3.8, 4) is 0 Å². The van der Waals surface area contributed by atoms with E-state index in [1.54, 1.807) is 0 Å². The quantitative estimate of drug-likeness (QED) is 0.782. The fourth-order valence-corrected chi connectivity index (χ4v) is 4.04. The lowest BCUT2D eigenvalue weighted by molar-refractivity contribution is 0.0266. The summed E-state index contributed by atoms with van der Waals surface area (Å²) < 4.78 is 0. The van der Waals surface area contributed by atoms with Crippen LogP contribution in [0.25, 0.3) is 0 Å². The molecule has 0 spiro atoms. The van der Waals surface area contributed by atoms with Crippen molar-refractivity contribution in [1.29, 1.82) is 0 Å². The van der Waals surface area contributed by atoms with E-state index in [2.05, 4.69) is 11.8 Å². The largest absolute Gasteiger partial charge is 0.393 e. The van der Waals surface area contributed by atoms with Crippen LogP contribution in [0.1, 0.15) is 58.3 Å². The van der Waals surface area contributed by atoms with Crippen LogP contribution < -0.4 is 5.73 Å². The van der Waals surface area contributed by atoms with E-state index in [9.17, 15) is 0 Å². The lowest BCUT2D eigenvalue weighted by Crippen LogP contribution is -2.52. The molecule has 2 nitrogen and oxygen atoms in total. The van der Waals surface area contributed by atoms with Gasteiger partial charge in [0.05, 0.1) is 4.99 Å². The van der Waals surface area contributed by atoms with Crippen molar-refractivity contribution in [3.05, 3.63) is 0 Å². The van der Waals surface area contributed by atoms with Gasteiger partial charge in [-0.25, -0.2) is 0 Å². The van der Waals surface area contributed by atoms with Crippen LogP contribution in [0.15, 0.2) is 0 Å². The molecule has 0 aromatic rings. The van der Waals surface area contributed by atoms with Crippen molar-refractivity contribution < 1.29 is 0 Å². The summed E-state index contributed by atoms with van der Waals surface area (Å²) in [5, 5.41) is 0. The molecule has 0 bridgehead atoms. The van der Waals surface area contributed by atoms with Crippen LogP contribution in [0.5, 0.6) is 0 Å². The van der Waals surface area contributed by atoms with Crippen LogP contribution in [0.4, 0.5) is 0 Å². The number of piperidine rings is 1. The monoisotopic (exact) mass is 254 g/mol. The zero-order valence-corrected chi connectivity index (χ0v) is 11.8. The van der Waals surface area contributed by atoms with Crippen LogP contribution in [0, 0.1) is 5.92 Å². The molecule has 1 aliphatic carbocycles. The second-order valence-electron chi connectivity index (χ2n) is 5.72. The molecule has 0 amide bonds. The minimum Gasteiger partial charge on any atom is -0.393 e. The van der Waals surface area contributed by atoms with Crippen LogP contribution in [0.2, 0.25) is 0 Å². The fraction of sp³-hybridized carbons (Fsp3) is 0.929. The summed E-state index contributed by atoms with van der Waals surface area (Å²) in [6.45, 7) is 3.54. The Morgan fingerprint density at radius 3 is 2.71 bits per heavy atom. The van der Waals surface area contributed by atoms with Crippen molar-refractivity contribution in [2.24, 2.45) is 11.7 Å². The molecule has 1 heterocycles. The Balaban J connectivity index is 2.03. The van der Waals surface area contributed by atoms with Gasteiger partial charge in [0.25, 0.3) is 0 Å². The van der Waals surface area contributed by atoms with E-state index in [-0.39, 0.29) is 0 Å². The number of thiocarbonyl (C=S) groups is 1. The van der Waals surface area contributed by atoms with Gasteiger partial charge in [0, 0.05) is 18.5 Å². The highest BCUT2D eigenvalue weighted by molar-refractivity contribution is 7.80. The number of nitrogens with zero attached hydrogens (tertiary/aromatic N) is 1. The average molecular weight is 254 g/mol. The standard InChI is InChI=1S/C14H26N2S/c1-2-12(10-14(15)17)16-9-5-7-11-6-3-4-8-13(11)16/h11-13H,2-10H2,1H3,(H2,15,17). The van der Waals surface area contributed by atoms with Crippen molar-refractivity contribution in [2.45, 2.75) is 70.4 Å². The predicted octanol–water partition coefficient (Wildman–Crippen LogP) is 3.10. The lowest BCUT2D eigenvalue weighted by Gasteiger charge is -2.47. The average Bonchev–Trinajstić information content (AvgIpc) is 2.35. The van der Waals surface area contributed by atoms with E-state index < -0.39 is 0 Å². The number of hydrogen-bond donors (Lipinski definition) is 1. The predicted molar refractivity (Wildman–Crippen MR) is 77.2 cm³/mol. The van der Waals surface area contributed by atoms with Crippen LogP contribution >= 0.6 is 12.2 Å². The molecule has 2 fully saturated rings. The van der Waals surface area contributed by atoms with Crippen molar-refractivity contribution >= 4 is 17.2 Å². The minimum atomic E-state index is 0.596. The van der Waals surface area contributed by atoms with Gasteiger partial charge < -0.3 is 5.73 Å². The molecular formula is C14H26N2S. The number of nitrogens with two attached hydrogens (primary N) is 1. The molecule has 98 valence electrons. The second-order valence-corrected chi connectivity index (χ2v) is 6.25. The Morgan fingerprint density at radius 2 is 2.00 bits per heavy atom. The van der Waals surface area contributed by atoms with Gasteiger partial charge in [0.1, 0.15) is 0 Å². The zero-order valence-electron chi connectivity index (χ0n) is 11.0. The molecule has 1 saturated heterocycles. The van der Waals surface area contributed by atoms with Gasteiger partial charge in [0.2, 0.25) is 0 Å². The smallest absolute Gasteiger partial charge is 0.0743 e. The van der Waals surface area contributed by atoms with Crippen LogP contribution in [-0.4, -0.2) is 28.5 Å². The Bertz CT molecular complexity index is 265. The summed E-state index contributed by atoms with van der Waals surface area (Å²) in [5.74, 6) is 0.956. The molecule has 0 radical (unpaired) electrons. The van der Waals surface area contributed by atoms with E-state index in [1.165, 1.54) is 51.5 Å². The van der Waals surface area contributed by atoms with E-state index in [4.69, 9.17) is 18.0 Å². The second kappa shape index (κ2) is 6.14. The van der Waals surface area contributed by atoms with E-state index in [0.717, 1.165) is 18.4 Å². The molecule has 0 aromatic heterocycles. The summed E-state index contributed by atoms with van der Waals surface area (Å²) in [6, 6.07) is 1.43. The third kappa shape index (κ3) is 3.19. The summed E-state index contributed by atoms with van der Waals surface area (Å²) in [6.07, 6.45) is 10.6. The molecule has 3 unspecified atom stereocenters. The molecule has 1 saturated carbocycles. The molecule has 17 heavy (non-hydrogen) atoms. The molecule has 1 aliphatic heterocycles. The van der Waals surface area contributed by atoms with Crippen LogP contribution in [0.3, 0.4) is 0 Å². The maximum absolute atomic E-state index is 5.75. The normalized spacial score (nSPS) is 31.8. The van der Waals surface area contributed by atoms with Gasteiger partial charge in [-0.15, -0.1) is 0 Å². The van der Waals surface area contributed by atoms with E-state index in [1.807, 2.05) is 0 Å². The third-order valence-corrected chi connectivity index (χ3v) is 4.83. The van der Waals surface area contributed by atoms with Crippen LogP contribution in [-0.2, 0) is 0 Å². The molecule has 3 heteroatoms. The number of hydrogen-bond acceptors (Lipinski definition) is 2. The molecule has 0 aromatic carbocycles. The number of rotatable bonds is 4. The van der Waals surface area contributed by atoms with Gasteiger partial charge in [-0.3, -0.25) is 4.90 Å². The summed E-state index contributed by atoms with van der Waals surface area (Å²) >= 11 is 5.11. The Kier molecular flexibility index (Phi) is 4.80. The molecule has 2 N–H and O–H groups in total. The van der Waals surface area contributed by atoms with Crippen molar-refractivity contribution in [1.82, 2.24) is 4.90 Å². The van der Waals surface area contributed by atoms with Crippen molar-refractivity contribution in [3.63, 3.8) is 0 Å². The van der Waals surface area contributed by atoms with Gasteiger partial charge in [-0.2, -0.15) is 0 Å². The minimum absolute atomic E-state index is 0.596. The van der Waals surface area contributed by atoms with E-state index >= 15 is 0 Å². The fourth-order valence-electron chi connectivity index (χ4n) is 3.84. The SMILES string of the molecule is CCC(CC(N)=S)N1CCCC2CCCCC21. The first-order valence-electron chi connectivity index (χ1n) is 7.26. The maximum Gasteiger partial charge on any atom is 0.0743 e. The zero-order chi connectivity index (χ0) is 12.3. The third-order valence-electron chi connectivity index (χ3n) is 4.66. The molecule has 2 aliphatic rings. The molecular weight excluding hydrogens is 228 g/mol. The highest BCUT2D eigenvalue weighted by Crippen LogP contribution is 2.37. The number of likely N-dealkylation sites (tertiary alicyclic amines) is 1. The van der Waals surface area contributed by atoms with Crippen molar-refractivity contribution in [2.75, 3.05) is 6.54 Å².